The highest BCUT2D eigenvalue weighted by atomic mass is 32.1. The molecule has 3 rings (SSSR count). The zero-order chi connectivity index (χ0) is 15.7. The maximum Gasteiger partial charge on any atom is 0.270 e. The standard InChI is InChI=1S/C15H9FN2O3S/c16-11-5-1-2-6-12(11)18-14(20)10(13(19)17-15(18)22)8-9-4-3-7-21-9/h1-8H,(H,17,19,22)/b10-8-. The first-order valence-electron chi connectivity index (χ1n) is 6.27. The van der Waals surface area contributed by atoms with Gasteiger partial charge in [0.25, 0.3) is 11.8 Å². The van der Waals surface area contributed by atoms with Gasteiger partial charge >= 0.3 is 0 Å². The lowest BCUT2D eigenvalue weighted by atomic mass is 10.1. The van der Waals surface area contributed by atoms with Gasteiger partial charge in [0.05, 0.1) is 12.0 Å². The fourth-order valence-electron chi connectivity index (χ4n) is 2.02. The highest BCUT2D eigenvalue weighted by Crippen LogP contribution is 2.24. The number of amides is 2. The summed E-state index contributed by atoms with van der Waals surface area (Å²) in [5.41, 5.74) is -0.213. The number of hydrogen-bond donors (Lipinski definition) is 1. The maximum absolute atomic E-state index is 13.9. The number of anilines is 1. The number of carbonyl (C=O) groups is 2. The fourth-order valence-corrected chi connectivity index (χ4v) is 2.30. The molecule has 22 heavy (non-hydrogen) atoms. The molecule has 0 atom stereocenters. The average Bonchev–Trinajstić information content (AvgIpc) is 2.98. The molecule has 1 aromatic heterocycles. The Labute approximate surface area is 130 Å². The van der Waals surface area contributed by atoms with E-state index in [9.17, 15) is 14.0 Å². The first-order chi connectivity index (χ1) is 10.6. The number of nitrogens with zero attached hydrogens (tertiary/aromatic N) is 1. The van der Waals surface area contributed by atoms with Gasteiger partial charge in [0.2, 0.25) is 0 Å². The minimum absolute atomic E-state index is 0.0251. The minimum atomic E-state index is -0.713. The van der Waals surface area contributed by atoms with Crippen molar-refractivity contribution in [3.05, 3.63) is 59.8 Å². The maximum atomic E-state index is 13.9. The molecule has 1 fully saturated rings. The molecule has 0 bridgehead atoms. The molecule has 2 amide bonds. The Morgan fingerprint density at radius 1 is 1.18 bits per heavy atom. The van der Waals surface area contributed by atoms with Crippen LogP contribution in [0.1, 0.15) is 5.76 Å². The highest BCUT2D eigenvalue weighted by Gasteiger charge is 2.35. The van der Waals surface area contributed by atoms with Crippen LogP contribution in [0.25, 0.3) is 6.08 Å². The molecule has 0 aliphatic carbocycles. The smallest absolute Gasteiger partial charge is 0.270 e. The van der Waals surface area contributed by atoms with Crippen molar-refractivity contribution in [1.29, 1.82) is 0 Å². The number of furan rings is 1. The molecule has 0 radical (unpaired) electrons. The zero-order valence-corrected chi connectivity index (χ0v) is 11.9. The summed E-state index contributed by atoms with van der Waals surface area (Å²) in [6.45, 7) is 0. The fraction of sp³-hybridized carbons (Fsp3) is 0. The topological polar surface area (TPSA) is 62.6 Å². The summed E-state index contributed by atoms with van der Waals surface area (Å²) in [7, 11) is 0. The first kappa shape index (κ1) is 14.2. The number of rotatable bonds is 2. The lowest BCUT2D eigenvalue weighted by Gasteiger charge is -2.28. The van der Waals surface area contributed by atoms with Gasteiger partial charge in [0.1, 0.15) is 17.2 Å². The summed E-state index contributed by atoms with van der Waals surface area (Å²) in [5.74, 6) is -1.65. The van der Waals surface area contributed by atoms with Gasteiger partial charge in [-0.25, -0.2) is 9.29 Å². The predicted octanol–water partition coefficient (Wildman–Crippen LogP) is 2.25. The highest BCUT2D eigenvalue weighted by molar-refractivity contribution is 7.80. The van der Waals surface area contributed by atoms with Crippen LogP contribution >= 0.6 is 12.2 Å². The van der Waals surface area contributed by atoms with Crippen LogP contribution in [0.5, 0.6) is 0 Å². The molecule has 110 valence electrons. The summed E-state index contributed by atoms with van der Waals surface area (Å²) in [4.78, 5) is 25.4. The summed E-state index contributed by atoms with van der Waals surface area (Å²) in [6.07, 6.45) is 2.70. The van der Waals surface area contributed by atoms with E-state index in [0.717, 1.165) is 4.90 Å². The van der Waals surface area contributed by atoms with Gasteiger partial charge in [0, 0.05) is 0 Å². The summed E-state index contributed by atoms with van der Waals surface area (Å²) >= 11 is 4.98. The second kappa shape index (κ2) is 5.53. The molecular weight excluding hydrogens is 307 g/mol. The number of thiocarbonyl (C=S) groups is 1. The number of nitrogens with one attached hydrogen (secondary N) is 1. The van der Waals surface area contributed by atoms with Crippen LogP contribution < -0.4 is 10.2 Å². The summed E-state index contributed by atoms with van der Waals surface area (Å²) in [6, 6.07) is 8.89. The third-order valence-electron chi connectivity index (χ3n) is 3.02. The molecular formula is C15H9FN2O3S. The van der Waals surface area contributed by atoms with Crippen LogP contribution in [0, 0.1) is 5.82 Å². The van der Waals surface area contributed by atoms with E-state index < -0.39 is 17.6 Å². The van der Waals surface area contributed by atoms with Gasteiger partial charge < -0.3 is 4.42 Å². The van der Waals surface area contributed by atoms with Crippen LogP contribution in [-0.4, -0.2) is 16.9 Å². The van der Waals surface area contributed by atoms with Crippen molar-refractivity contribution in [2.45, 2.75) is 0 Å². The number of halogens is 1. The first-order valence-corrected chi connectivity index (χ1v) is 6.68. The third-order valence-corrected chi connectivity index (χ3v) is 3.31. The molecule has 1 N–H and O–H groups in total. The molecule has 0 saturated carbocycles. The van der Waals surface area contributed by atoms with Crippen LogP contribution in [0.2, 0.25) is 0 Å². The zero-order valence-electron chi connectivity index (χ0n) is 11.1. The van der Waals surface area contributed by atoms with Gasteiger partial charge in [-0.1, -0.05) is 12.1 Å². The van der Waals surface area contributed by atoms with E-state index in [2.05, 4.69) is 5.32 Å². The predicted molar refractivity (Wildman–Crippen MR) is 81.3 cm³/mol. The van der Waals surface area contributed by atoms with Gasteiger partial charge in [0.15, 0.2) is 5.11 Å². The van der Waals surface area contributed by atoms with E-state index in [1.54, 1.807) is 18.2 Å². The van der Waals surface area contributed by atoms with E-state index in [-0.39, 0.29) is 16.4 Å². The number of para-hydroxylation sites is 1. The number of benzene rings is 1. The molecule has 0 unspecified atom stereocenters. The van der Waals surface area contributed by atoms with Crippen molar-refractivity contribution < 1.29 is 18.4 Å². The van der Waals surface area contributed by atoms with Gasteiger partial charge in [-0.2, -0.15) is 0 Å². The molecule has 5 nitrogen and oxygen atoms in total. The van der Waals surface area contributed by atoms with E-state index >= 15 is 0 Å². The Hall–Kier alpha value is -2.80. The monoisotopic (exact) mass is 316 g/mol. The van der Waals surface area contributed by atoms with Crippen molar-refractivity contribution in [3.8, 4) is 0 Å². The van der Waals surface area contributed by atoms with Crippen LogP contribution in [-0.2, 0) is 9.59 Å². The molecule has 1 aromatic carbocycles. The number of carbonyl (C=O) groups excluding carboxylic acids is 2. The SMILES string of the molecule is O=C1NC(=S)N(c2ccccc2F)C(=O)/C1=C\c1ccco1. The molecule has 2 aromatic rings. The number of hydrogen-bond acceptors (Lipinski definition) is 4. The Kier molecular flexibility index (Phi) is 3.56. The normalized spacial score (nSPS) is 17.0. The van der Waals surface area contributed by atoms with Crippen molar-refractivity contribution >= 4 is 40.9 Å². The second-order valence-electron chi connectivity index (χ2n) is 4.42. The second-order valence-corrected chi connectivity index (χ2v) is 4.81. The summed E-state index contributed by atoms with van der Waals surface area (Å²) < 4.78 is 19.0. The van der Waals surface area contributed by atoms with E-state index in [1.807, 2.05) is 0 Å². The van der Waals surface area contributed by atoms with E-state index in [1.165, 1.54) is 30.5 Å². The van der Waals surface area contributed by atoms with Crippen molar-refractivity contribution in [2.24, 2.45) is 0 Å². The molecule has 2 heterocycles. The Morgan fingerprint density at radius 3 is 2.64 bits per heavy atom. The van der Waals surface area contributed by atoms with Crippen molar-refractivity contribution in [2.75, 3.05) is 4.90 Å². The third kappa shape index (κ3) is 2.42. The largest absolute Gasteiger partial charge is 0.465 e. The minimum Gasteiger partial charge on any atom is -0.465 e. The molecule has 1 aliphatic rings. The Bertz CT molecular complexity index is 799. The lowest BCUT2D eigenvalue weighted by molar-refractivity contribution is -0.122. The molecule has 7 heteroatoms. The van der Waals surface area contributed by atoms with Crippen LogP contribution in [0.15, 0.2) is 52.7 Å². The average molecular weight is 316 g/mol. The van der Waals surface area contributed by atoms with E-state index in [0.29, 0.717) is 5.76 Å². The van der Waals surface area contributed by atoms with Crippen molar-refractivity contribution in [3.63, 3.8) is 0 Å². The quantitative estimate of drug-likeness (QED) is 0.524. The molecule has 1 saturated heterocycles. The Balaban J connectivity index is 2.05. The van der Waals surface area contributed by atoms with Crippen LogP contribution in [0.4, 0.5) is 10.1 Å². The molecule has 1 aliphatic heterocycles. The van der Waals surface area contributed by atoms with Crippen molar-refractivity contribution in [1.82, 2.24) is 5.32 Å². The summed E-state index contributed by atoms with van der Waals surface area (Å²) in [5, 5.41) is 2.20. The van der Waals surface area contributed by atoms with Gasteiger partial charge in [-0.05, 0) is 42.6 Å². The Morgan fingerprint density at radius 2 is 1.95 bits per heavy atom. The van der Waals surface area contributed by atoms with Gasteiger partial charge in [-0.3, -0.25) is 14.9 Å². The van der Waals surface area contributed by atoms with E-state index in [4.69, 9.17) is 16.6 Å². The molecule has 0 spiro atoms. The van der Waals surface area contributed by atoms with Gasteiger partial charge in [-0.15, -0.1) is 0 Å². The lowest BCUT2D eigenvalue weighted by Crippen LogP contribution is -2.54. The van der Waals surface area contributed by atoms with Crippen LogP contribution in [0.3, 0.4) is 0 Å².